The van der Waals surface area contributed by atoms with Crippen LogP contribution in [0.2, 0.25) is 5.02 Å². The first-order chi connectivity index (χ1) is 8.20. The van der Waals surface area contributed by atoms with Crippen LogP contribution in [0.5, 0.6) is 5.75 Å². The van der Waals surface area contributed by atoms with E-state index in [1.807, 2.05) is 41.9 Å². The molecule has 4 heteroatoms. The highest BCUT2D eigenvalue weighted by Gasteiger charge is 2.06. The Balaban J connectivity index is 2.09. The summed E-state index contributed by atoms with van der Waals surface area (Å²) in [6, 6.07) is 9.50. The standard InChI is InChI=1S/C13H15ClN2O/c1-3-16-11(8-10(2)15-16)9-17-13-7-5-4-6-12(13)14/h4-8H,3,9H2,1-2H3. The molecule has 2 rings (SSSR count). The van der Waals surface area contributed by atoms with Crippen LogP contribution in [0, 0.1) is 6.92 Å². The zero-order valence-electron chi connectivity index (χ0n) is 9.98. The van der Waals surface area contributed by atoms with Crippen molar-refractivity contribution < 1.29 is 4.74 Å². The van der Waals surface area contributed by atoms with Gasteiger partial charge in [0.1, 0.15) is 12.4 Å². The van der Waals surface area contributed by atoms with Crippen LogP contribution in [0.3, 0.4) is 0 Å². The van der Waals surface area contributed by atoms with Gasteiger partial charge in [-0.3, -0.25) is 4.68 Å². The predicted octanol–water partition coefficient (Wildman–Crippen LogP) is 3.44. The maximum atomic E-state index is 6.02. The maximum absolute atomic E-state index is 6.02. The molecule has 0 aliphatic heterocycles. The van der Waals surface area contributed by atoms with Crippen molar-refractivity contribution in [3.63, 3.8) is 0 Å². The molecule has 2 aromatic rings. The van der Waals surface area contributed by atoms with Crippen molar-refractivity contribution in [1.29, 1.82) is 0 Å². The fourth-order valence-electron chi connectivity index (χ4n) is 1.70. The van der Waals surface area contributed by atoms with E-state index in [4.69, 9.17) is 16.3 Å². The van der Waals surface area contributed by atoms with E-state index in [1.165, 1.54) is 0 Å². The van der Waals surface area contributed by atoms with Crippen LogP contribution < -0.4 is 4.74 Å². The number of rotatable bonds is 4. The Hall–Kier alpha value is -1.48. The van der Waals surface area contributed by atoms with Gasteiger partial charge < -0.3 is 4.74 Å². The highest BCUT2D eigenvalue weighted by atomic mass is 35.5. The molecule has 0 bridgehead atoms. The molecule has 1 aromatic heterocycles. The second kappa shape index (κ2) is 5.23. The van der Waals surface area contributed by atoms with Crippen LogP contribution in [0.25, 0.3) is 0 Å². The van der Waals surface area contributed by atoms with Crippen LogP contribution in [-0.4, -0.2) is 9.78 Å². The largest absolute Gasteiger partial charge is 0.486 e. The number of aryl methyl sites for hydroxylation is 2. The first kappa shape index (κ1) is 12.0. The summed E-state index contributed by atoms with van der Waals surface area (Å²) in [4.78, 5) is 0. The van der Waals surface area contributed by atoms with E-state index in [1.54, 1.807) is 0 Å². The second-order valence-corrected chi connectivity index (χ2v) is 4.22. The van der Waals surface area contributed by atoms with Gasteiger partial charge in [-0.05, 0) is 32.0 Å². The Bertz CT molecular complexity index is 508. The SMILES string of the molecule is CCn1nc(C)cc1COc1ccccc1Cl. The van der Waals surface area contributed by atoms with E-state index in [0.717, 1.165) is 17.9 Å². The minimum absolute atomic E-state index is 0.485. The van der Waals surface area contributed by atoms with Crippen molar-refractivity contribution in [2.45, 2.75) is 27.0 Å². The summed E-state index contributed by atoms with van der Waals surface area (Å²) < 4.78 is 7.62. The summed E-state index contributed by atoms with van der Waals surface area (Å²) >= 11 is 6.02. The first-order valence-electron chi connectivity index (χ1n) is 5.61. The molecule has 17 heavy (non-hydrogen) atoms. The van der Waals surface area contributed by atoms with Gasteiger partial charge in [0.05, 0.1) is 16.4 Å². The zero-order valence-corrected chi connectivity index (χ0v) is 10.7. The molecule has 0 aliphatic carbocycles. The number of benzene rings is 1. The number of aromatic nitrogens is 2. The van der Waals surface area contributed by atoms with Crippen LogP contribution in [0.4, 0.5) is 0 Å². The van der Waals surface area contributed by atoms with E-state index in [2.05, 4.69) is 12.0 Å². The number of hydrogen-bond donors (Lipinski definition) is 0. The van der Waals surface area contributed by atoms with Gasteiger partial charge in [0.15, 0.2) is 0 Å². The molecule has 0 saturated carbocycles. The van der Waals surface area contributed by atoms with Gasteiger partial charge in [-0.1, -0.05) is 23.7 Å². The highest BCUT2D eigenvalue weighted by Crippen LogP contribution is 2.24. The fraction of sp³-hybridized carbons (Fsp3) is 0.308. The molecule has 0 radical (unpaired) electrons. The molecule has 90 valence electrons. The first-order valence-corrected chi connectivity index (χ1v) is 5.99. The molecule has 3 nitrogen and oxygen atoms in total. The van der Waals surface area contributed by atoms with Crippen LogP contribution in [0.15, 0.2) is 30.3 Å². The molecular weight excluding hydrogens is 236 g/mol. The van der Waals surface area contributed by atoms with Gasteiger partial charge in [-0.2, -0.15) is 5.10 Å². The van der Waals surface area contributed by atoms with Gasteiger partial charge >= 0.3 is 0 Å². The molecule has 0 aliphatic rings. The van der Waals surface area contributed by atoms with Crippen molar-refractivity contribution in [1.82, 2.24) is 9.78 Å². The number of ether oxygens (including phenoxy) is 1. The van der Waals surface area contributed by atoms with Gasteiger partial charge in [0.25, 0.3) is 0 Å². The lowest BCUT2D eigenvalue weighted by Crippen LogP contribution is -2.06. The third kappa shape index (κ3) is 2.80. The van der Waals surface area contributed by atoms with Crippen molar-refractivity contribution in [2.24, 2.45) is 0 Å². The third-order valence-electron chi connectivity index (χ3n) is 2.50. The normalized spacial score (nSPS) is 10.5. The minimum Gasteiger partial charge on any atom is -0.486 e. The summed E-state index contributed by atoms with van der Waals surface area (Å²) in [5.41, 5.74) is 2.06. The van der Waals surface area contributed by atoms with Gasteiger partial charge in [0.2, 0.25) is 0 Å². The summed E-state index contributed by atoms with van der Waals surface area (Å²) in [5.74, 6) is 0.704. The lowest BCUT2D eigenvalue weighted by molar-refractivity contribution is 0.292. The quantitative estimate of drug-likeness (QED) is 0.831. The van der Waals surface area contributed by atoms with Crippen LogP contribution in [-0.2, 0) is 13.2 Å². The van der Waals surface area contributed by atoms with E-state index >= 15 is 0 Å². The zero-order chi connectivity index (χ0) is 12.3. The smallest absolute Gasteiger partial charge is 0.138 e. The number of halogens is 1. The number of hydrogen-bond acceptors (Lipinski definition) is 2. The molecule has 1 aromatic carbocycles. The van der Waals surface area contributed by atoms with E-state index in [9.17, 15) is 0 Å². The van der Waals surface area contributed by atoms with Gasteiger partial charge in [0, 0.05) is 6.54 Å². The van der Waals surface area contributed by atoms with E-state index in [0.29, 0.717) is 17.4 Å². The predicted molar refractivity (Wildman–Crippen MR) is 68.4 cm³/mol. The van der Waals surface area contributed by atoms with E-state index < -0.39 is 0 Å². The molecule has 0 fully saturated rings. The molecule has 1 heterocycles. The molecule has 0 spiro atoms. The molecule has 0 unspecified atom stereocenters. The van der Waals surface area contributed by atoms with Crippen LogP contribution in [0.1, 0.15) is 18.3 Å². The Morgan fingerprint density at radius 3 is 2.82 bits per heavy atom. The van der Waals surface area contributed by atoms with Gasteiger partial charge in [-0.25, -0.2) is 0 Å². The van der Waals surface area contributed by atoms with Crippen LogP contribution >= 0.6 is 11.6 Å². The average molecular weight is 251 g/mol. The molecule has 0 atom stereocenters. The van der Waals surface area contributed by atoms with Crippen molar-refractivity contribution in [3.8, 4) is 5.75 Å². The summed E-state index contributed by atoms with van der Waals surface area (Å²) in [6.45, 7) is 5.37. The Labute approximate surface area is 106 Å². The van der Waals surface area contributed by atoms with Crippen molar-refractivity contribution >= 4 is 11.6 Å². The Kier molecular flexibility index (Phi) is 3.69. The summed E-state index contributed by atoms with van der Waals surface area (Å²) in [6.07, 6.45) is 0. The molecule has 0 amide bonds. The molecular formula is C13H15ClN2O. The van der Waals surface area contributed by atoms with Crippen molar-refractivity contribution in [3.05, 3.63) is 46.7 Å². The fourth-order valence-corrected chi connectivity index (χ4v) is 1.89. The number of para-hydroxylation sites is 1. The summed E-state index contributed by atoms with van der Waals surface area (Å²) in [5, 5.41) is 5.00. The topological polar surface area (TPSA) is 27.1 Å². The second-order valence-electron chi connectivity index (χ2n) is 3.81. The molecule has 0 saturated heterocycles. The lowest BCUT2D eigenvalue weighted by Gasteiger charge is -2.08. The third-order valence-corrected chi connectivity index (χ3v) is 2.81. The maximum Gasteiger partial charge on any atom is 0.138 e. The lowest BCUT2D eigenvalue weighted by atomic mass is 10.3. The monoisotopic (exact) mass is 250 g/mol. The van der Waals surface area contributed by atoms with Gasteiger partial charge in [-0.15, -0.1) is 0 Å². The Morgan fingerprint density at radius 1 is 1.35 bits per heavy atom. The highest BCUT2D eigenvalue weighted by molar-refractivity contribution is 6.32. The Morgan fingerprint density at radius 2 is 2.12 bits per heavy atom. The minimum atomic E-state index is 0.485. The number of nitrogens with zero attached hydrogens (tertiary/aromatic N) is 2. The van der Waals surface area contributed by atoms with Crippen molar-refractivity contribution in [2.75, 3.05) is 0 Å². The average Bonchev–Trinajstić information content (AvgIpc) is 2.69. The summed E-state index contributed by atoms with van der Waals surface area (Å²) in [7, 11) is 0. The molecule has 0 N–H and O–H groups in total. The van der Waals surface area contributed by atoms with E-state index in [-0.39, 0.29) is 0 Å².